The first-order chi connectivity index (χ1) is 14.2. The minimum absolute atomic E-state index is 0.376. The molecule has 0 saturated heterocycles. The molecule has 2 N–H and O–H groups in total. The maximum absolute atomic E-state index is 9.53. The molecule has 0 spiro atoms. The lowest BCUT2D eigenvalue weighted by Crippen LogP contribution is -2.29. The first kappa shape index (κ1) is 16.7. The SMILES string of the molecule is OB(O)c1ccc2oc3cc4oc5ccc(C6C=CC=CC6)cc5c4cc3c2c1. The third-order valence-corrected chi connectivity index (χ3v) is 5.82. The van der Waals surface area contributed by atoms with E-state index in [0.717, 1.165) is 44.7 Å². The normalized spacial score (nSPS) is 16.6. The quantitative estimate of drug-likeness (QED) is 0.433. The molecule has 2 aromatic heterocycles. The first-order valence-corrected chi connectivity index (χ1v) is 9.69. The van der Waals surface area contributed by atoms with Gasteiger partial charge in [-0.05, 0) is 41.7 Å². The molecule has 6 rings (SSSR count). The van der Waals surface area contributed by atoms with Crippen molar-refractivity contribution in [1.82, 2.24) is 0 Å². The summed E-state index contributed by atoms with van der Waals surface area (Å²) in [6.45, 7) is 0. The fourth-order valence-electron chi connectivity index (χ4n) is 4.30. The molecule has 5 heteroatoms. The van der Waals surface area contributed by atoms with Gasteiger partial charge in [0, 0.05) is 33.5 Å². The number of furan rings is 2. The molecule has 140 valence electrons. The molecule has 4 nitrogen and oxygen atoms in total. The summed E-state index contributed by atoms with van der Waals surface area (Å²) in [6, 6.07) is 15.6. The van der Waals surface area contributed by atoms with E-state index < -0.39 is 7.12 Å². The monoisotopic (exact) mass is 380 g/mol. The van der Waals surface area contributed by atoms with E-state index in [1.165, 1.54) is 5.56 Å². The van der Waals surface area contributed by atoms with Crippen molar-refractivity contribution in [3.63, 3.8) is 0 Å². The number of hydrogen-bond acceptors (Lipinski definition) is 4. The van der Waals surface area contributed by atoms with Gasteiger partial charge in [-0.2, -0.15) is 0 Å². The van der Waals surface area contributed by atoms with Crippen molar-refractivity contribution in [3.05, 3.63) is 78.4 Å². The molecule has 1 atom stereocenters. The maximum Gasteiger partial charge on any atom is 0.488 e. The van der Waals surface area contributed by atoms with Crippen molar-refractivity contribution in [2.45, 2.75) is 12.3 Å². The minimum atomic E-state index is -1.51. The van der Waals surface area contributed by atoms with Crippen LogP contribution in [0.25, 0.3) is 43.9 Å². The van der Waals surface area contributed by atoms with Crippen molar-refractivity contribution in [1.29, 1.82) is 0 Å². The lowest BCUT2D eigenvalue weighted by molar-refractivity contribution is 0.426. The Hall–Kier alpha value is -3.28. The van der Waals surface area contributed by atoms with Gasteiger partial charge in [0.1, 0.15) is 22.3 Å². The van der Waals surface area contributed by atoms with Crippen molar-refractivity contribution < 1.29 is 18.9 Å². The smallest absolute Gasteiger partial charge is 0.456 e. The molecule has 3 aromatic carbocycles. The van der Waals surface area contributed by atoms with Gasteiger partial charge in [0.25, 0.3) is 0 Å². The molecule has 2 heterocycles. The van der Waals surface area contributed by atoms with Crippen molar-refractivity contribution in [3.8, 4) is 0 Å². The standard InChI is InChI=1S/C24H17BO4/c26-25(27)16-7-9-22-18(11-16)20-12-19-17-10-15(14-4-2-1-3-5-14)6-8-21(17)28-23(19)13-24(20)29-22/h1-4,6-14,26-27H,5H2. The van der Waals surface area contributed by atoms with Gasteiger partial charge in [0.2, 0.25) is 0 Å². The average Bonchev–Trinajstić information content (AvgIpc) is 3.28. The summed E-state index contributed by atoms with van der Waals surface area (Å²) in [6.07, 6.45) is 9.60. The Bertz CT molecular complexity index is 1470. The summed E-state index contributed by atoms with van der Waals surface area (Å²) in [7, 11) is -1.51. The van der Waals surface area contributed by atoms with Gasteiger partial charge in [-0.25, -0.2) is 0 Å². The highest BCUT2D eigenvalue weighted by Crippen LogP contribution is 2.38. The first-order valence-electron chi connectivity index (χ1n) is 9.69. The van der Waals surface area contributed by atoms with Crippen LogP contribution in [-0.2, 0) is 0 Å². The number of fused-ring (bicyclic) bond motifs is 6. The van der Waals surface area contributed by atoms with E-state index in [1.807, 2.05) is 12.1 Å². The van der Waals surface area contributed by atoms with Crippen LogP contribution >= 0.6 is 0 Å². The van der Waals surface area contributed by atoms with Crippen LogP contribution in [0, 0.1) is 0 Å². The van der Waals surface area contributed by atoms with Gasteiger partial charge in [0.15, 0.2) is 0 Å². The van der Waals surface area contributed by atoms with Gasteiger partial charge in [0.05, 0.1) is 0 Å². The molecule has 29 heavy (non-hydrogen) atoms. The number of rotatable bonds is 2. The van der Waals surface area contributed by atoms with Gasteiger partial charge >= 0.3 is 7.12 Å². The molecule has 5 aromatic rings. The third kappa shape index (κ3) is 2.55. The molecule has 1 aliphatic carbocycles. The summed E-state index contributed by atoms with van der Waals surface area (Å²) in [4.78, 5) is 0. The third-order valence-electron chi connectivity index (χ3n) is 5.82. The highest BCUT2D eigenvalue weighted by atomic mass is 16.4. The number of allylic oxidation sites excluding steroid dienone is 4. The zero-order valence-electron chi connectivity index (χ0n) is 15.5. The van der Waals surface area contributed by atoms with Crippen LogP contribution < -0.4 is 5.46 Å². The molecular weight excluding hydrogens is 363 g/mol. The van der Waals surface area contributed by atoms with E-state index in [2.05, 4.69) is 42.5 Å². The zero-order valence-corrected chi connectivity index (χ0v) is 15.5. The fraction of sp³-hybridized carbons (Fsp3) is 0.0833. The average molecular weight is 380 g/mol. The van der Waals surface area contributed by atoms with E-state index in [0.29, 0.717) is 17.0 Å². The molecule has 0 amide bonds. The van der Waals surface area contributed by atoms with Crippen molar-refractivity contribution >= 4 is 56.5 Å². The lowest BCUT2D eigenvalue weighted by Gasteiger charge is -2.13. The molecule has 0 saturated carbocycles. The Morgan fingerprint density at radius 1 is 0.724 bits per heavy atom. The van der Waals surface area contributed by atoms with Gasteiger partial charge in [-0.3, -0.25) is 0 Å². The van der Waals surface area contributed by atoms with Crippen LogP contribution in [0.5, 0.6) is 0 Å². The Morgan fingerprint density at radius 2 is 1.41 bits per heavy atom. The van der Waals surface area contributed by atoms with Crippen molar-refractivity contribution in [2.24, 2.45) is 0 Å². The van der Waals surface area contributed by atoms with Crippen LogP contribution in [0.4, 0.5) is 0 Å². The summed E-state index contributed by atoms with van der Waals surface area (Å²) in [5.74, 6) is 0.376. The van der Waals surface area contributed by atoms with Crippen LogP contribution in [0.15, 0.2) is 81.7 Å². The molecular formula is C24H17BO4. The second-order valence-corrected chi connectivity index (χ2v) is 7.59. The largest absolute Gasteiger partial charge is 0.488 e. The van der Waals surface area contributed by atoms with E-state index in [-0.39, 0.29) is 0 Å². The second-order valence-electron chi connectivity index (χ2n) is 7.59. The van der Waals surface area contributed by atoms with E-state index in [1.54, 1.807) is 18.2 Å². The zero-order chi connectivity index (χ0) is 19.5. The second kappa shape index (κ2) is 6.11. The minimum Gasteiger partial charge on any atom is -0.456 e. The van der Waals surface area contributed by atoms with Crippen LogP contribution in [0.1, 0.15) is 17.9 Å². The summed E-state index contributed by atoms with van der Waals surface area (Å²) in [5.41, 5.74) is 4.77. The Labute approximate surface area is 166 Å². The molecule has 0 aliphatic heterocycles. The van der Waals surface area contributed by atoms with Crippen LogP contribution in [0.3, 0.4) is 0 Å². The molecule has 0 radical (unpaired) electrons. The predicted molar refractivity (Wildman–Crippen MR) is 116 cm³/mol. The lowest BCUT2D eigenvalue weighted by atomic mass is 9.80. The van der Waals surface area contributed by atoms with Gasteiger partial charge < -0.3 is 18.9 Å². The van der Waals surface area contributed by atoms with Crippen LogP contribution in [-0.4, -0.2) is 17.2 Å². The molecule has 0 bridgehead atoms. The van der Waals surface area contributed by atoms with E-state index >= 15 is 0 Å². The maximum atomic E-state index is 9.53. The summed E-state index contributed by atoms with van der Waals surface area (Å²) >= 11 is 0. The summed E-state index contributed by atoms with van der Waals surface area (Å²) in [5, 5.41) is 23.0. The fourth-order valence-corrected chi connectivity index (χ4v) is 4.30. The Kier molecular flexibility index (Phi) is 3.51. The molecule has 1 aliphatic rings. The predicted octanol–water partition coefficient (Wildman–Crippen LogP) is 4.76. The van der Waals surface area contributed by atoms with Gasteiger partial charge in [-0.15, -0.1) is 0 Å². The van der Waals surface area contributed by atoms with E-state index in [9.17, 15) is 10.0 Å². The Balaban J connectivity index is 1.61. The number of hydrogen-bond donors (Lipinski definition) is 2. The van der Waals surface area contributed by atoms with Crippen molar-refractivity contribution in [2.75, 3.05) is 0 Å². The highest BCUT2D eigenvalue weighted by Gasteiger charge is 2.17. The highest BCUT2D eigenvalue weighted by molar-refractivity contribution is 6.59. The van der Waals surface area contributed by atoms with Crippen LogP contribution in [0.2, 0.25) is 0 Å². The molecule has 1 unspecified atom stereocenters. The molecule has 0 fully saturated rings. The summed E-state index contributed by atoms with van der Waals surface area (Å²) < 4.78 is 12.1. The Morgan fingerprint density at radius 3 is 2.10 bits per heavy atom. The number of benzene rings is 3. The van der Waals surface area contributed by atoms with Gasteiger partial charge in [-0.1, -0.05) is 42.5 Å². The topological polar surface area (TPSA) is 66.7 Å². The van der Waals surface area contributed by atoms with E-state index in [4.69, 9.17) is 8.83 Å².